The first-order valence-electron chi connectivity index (χ1n) is 7.50. The van der Waals surface area contributed by atoms with E-state index >= 15 is 0 Å². The van der Waals surface area contributed by atoms with Crippen molar-refractivity contribution in [3.05, 3.63) is 18.2 Å². The summed E-state index contributed by atoms with van der Waals surface area (Å²) in [6.07, 6.45) is 3.11. The van der Waals surface area contributed by atoms with Crippen LogP contribution in [0.2, 0.25) is 0 Å². The molecule has 1 saturated carbocycles. The van der Waals surface area contributed by atoms with Crippen LogP contribution >= 0.6 is 0 Å². The van der Waals surface area contributed by atoms with E-state index in [2.05, 4.69) is 23.9 Å². The zero-order valence-electron chi connectivity index (χ0n) is 12.4. The van der Waals surface area contributed by atoms with E-state index in [1.807, 2.05) is 6.07 Å². The molecular weight excluding hydrogens is 288 g/mol. The van der Waals surface area contributed by atoms with Crippen molar-refractivity contribution in [3.8, 4) is 5.75 Å². The monoisotopic (exact) mass is 310 g/mol. The van der Waals surface area contributed by atoms with E-state index in [4.69, 9.17) is 4.74 Å². The maximum Gasteiger partial charge on any atom is 0.244 e. The van der Waals surface area contributed by atoms with Gasteiger partial charge in [0.25, 0.3) is 0 Å². The van der Waals surface area contributed by atoms with E-state index in [1.165, 1.54) is 12.8 Å². The second-order valence-electron chi connectivity index (χ2n) is 6.34. The molecule has 2 aliphatic rings. The summed E-state index contributed by atoms with van der Waals surface area (Å²) in [5, 5.41) is 3.36. The van der Waals surface area contributed by atoms with Crippen LogP contribution in [0.1, 0.15) is 33.1 Å². The minimum atomic E-state index is -3.51. The lowest BCUT2D eigenvalue weighted by atomic mass is 10.1. The van der Waals surface area contributed by atoms with Crippen LogP contribution in [0.3, 0.4) is 0 Å². The predicted molar refractivity (Wildman–Crippen MR) is 82.1 cm³/mol. The average Bonchev–Trinajstić information content (AvgIpc) is 3.18. The molecule has 21 heavy (non-hydrogen) atoms. The van der Waals surface area contributed by atoms with Crippen LogP contribution in [0.25, 0.3) is 0 Å². The number of ether oxygens (including phenoxy) is 1. The van der Waals surface area contributed by atoms with Gasteiger partial charge in [0.2, 0.25) is 10.0 Å². The first kappa shape index (κ1) is 14.7. The van der Waals surface area contributed by atoms with Crippen molar-refractivity contribution < 1.29 is 13.2 Å². The van der Waals surface area contributed by atoms with E-state index in [0.717, 1.165) is 12.1 Å². The molecule has 1 fully saturated rings. The summed E-state index contributed by atoms with van der Waals surface area (Å²) >= 11 is 0. The lowest BCUT2D eigenvalue weighted by Gasteiger charge is -2.16. The second kappa shape index (κ2) is 5.50. The second-order valence-corrected chi connectivity index (χ2v) is 8.02. The predicted octanol–water partition coefficient (Wildman–Crippen LogP) is 2.35. The molecule has 1 aromatic rings. The van der Waals surface area contributed by atoms with Gasteiger partial charge in [-0.1, -0.05) is 13.8 Å². The molecule has 0 saturated heterocycles. The number of hydrogen-bond donors (Lipinski definition) is 2. The highest BCUT2D eigenvalue weighted by Gasteiger charge is 2.29. The average molecular weight is 310 g/mol. The van der Waals surface area contributed by atoms with Crippen molar-refractivity contribution in [2.24, 2.45) is 5.92 Å². The van der Waals surface area contributed by atoms with Gasteiger partial charge >= 0.3 is 0 Å². The molecule has 116 valence electrons. The Morgan fingerprint density at radius 2 is 2.14 bits per heavy atom. The Balaban J connectivity index is 1.85. The summed E-state index contributed by atoms with van der Waals surface area (Å²) in [5.74, 6) is 0.856. The summed E-state index contributed by atoms with van der Waals surface area (Å²) in [5.41, 5.74) is 0.925. The Kier molecular flexibility index (Phi) is 3.84. The van der Waals surface area contributed by atoms with E-state index in [1.54, 1.807) is 12.1 Å². The fourth-order valence-corrected chi connectivity index (χ4v) is 3.95. The fraction of sp³-hybridized carbons (Fsp3) is 0.600. The van der Waals surface area contributed by atoms with Gasteiger partial charge in [0.1, 0.15) is 17.3 Å². The normalized spacial score (nSPS) is 24.0. The van der Waals surface area contributed by atoms with Crippen LogP contribution in [-0.2, 0) is 10.0 Å². The SMILES string of the molecule is CC(C)C[C@@H]1COc2cc(NC3CC3)ccc2S(=O)(=O)N1. The quantitative estimate of drug-likeness (QED) is 0.896. The molecule has 0 spiro atoms. The fourth-order valence-electron chi connectivity index (χ4n) is 2.59. The molecule has 3 rings (SSSR count). The number of nitrogens with one attached hydrogen (secondary N) is 2. The zero-order chi connectivity index (χ0) is 15.0. The standard InChI is InChI=1S/C15H22N2O3S/c1-10(2)7-13-9-20-14-8-12(16-11-3-4-11)5-6-15(14)21(18,19)17-13/h5-6,8,10-11,13,16-17H,3-4,7,9H2,1-2H3/t13-/m1/s1. The van der Waals surface area contributed by atoms with Gasteiger partial charge in [-0.05, 0) is 37.3 Å². The van der Waals surface area contributed by atoms with Crippen LogP contribution in [0.4, 0.5) is 5.69 Å². The van der Waals surface area contributed by atoms with Gasteiger partial charge in [-0.3, -0.25) is 0 Å². The van der Waals surface area contributed by atoms with Crippen molar-refractivity contribution in [3.63, 3.8) is 0 Å². The molecule has 0 amide bonds. The first-order valence-corrected chi connectivity index (χ1v) is 8.98. The Hall–Kier alpha value is -1.27. The lowest BCUT2D eigenvalue weighted by molar-refractivity contribution is 0.262. The van der Waals surface area contributed by atoms with Gasteiger partial charge in [0.15, 0.2) is 0 Å². The minimum Gasteiger partial charge on any atom is -0.490 e. The van der Waals surface area contributed by atoms with Crippen LogP contribution in [0, 0.1) is 5.92 Å². The van der Waals surface area contributed by atoms with Crippen molar-refractivity contribution >= 4 is 15.7 Å². The minimum absolute atomic E-state index is 0.178. The lowest BCUT2D eigenvalue weighted by Crippen LogP contribution is -2.37. The van der Waals surface area contributed by atoms with Gasteiger partial charge in [0.05, 0.1) is 6.04 Å². The van der Waals surface area contributed by atoms with E-state index in [0.29, 0.717) is 24.3 Å². The topological polar surface area (TPSA) is 67.4 Å². The number of sulfonamides is 1. The number of fused-ring (bicyclic) bond motifs is 1. The molecule has 1 aromatic carbocycles. The van der Waals surface area contributed by atoms with E-state index in [9.17, 15) is 8.42 Å². The third-order valence-electron chi connectivity index (χ3n) is 3.70. The molecule has 1 heterocycles. The summed E-state index contributed by atoms with van der Waals surface area (Å²) in [4.78, 5) is 0.232. The third kappa shape index (κ3) is 3.49. The van der Waals surface area contributed by atoms with Crippen LogP contribution in [-0.4, -0.2) is 27.1 Å². The van der Waals surface area contributed by atoms with Crippen molar-refractivity contribution in [2.45, 2.75) is 50.1 Å². The molecule has 0 aromatic heterocycles. The molecule has 1 aliphatic heterocycles. The van der Waals surface area contributed by atoms with Crippen molar-refractivity contribution in [2.75, 3.05) is 11.9 Å². The van der Waals surface area contributed by atoms with Gasteiger partial charge in [-0.2, -0.15) is 0 Å². The summed E-state index contributed by atoms with van der Waals surface area (Å²) in [7, 11) is -3.51. The smallest absolute Gasteiger partial charge is 0.244 e. The molecule has 0 bridgehead atoms. The van der Waals surface area contributed by atoms with Gasteiger partial charge < -0.3 is 10.1 Å². The Morgan fingerprint density at radius 1 is 1.38 bits per heavy atom. The van der Waals surface area contributed by atoms with Crippen LogP contribution in [0.5, 0.6) is 5.75 Å². The molecule has 5 nitrogen and oxygen atoms in total. The highest BCUT2D eigenvalue weighted by molar-refractivity contribution is 7.89. The summed E-state index contributed by atoms with van der Waals surface area (Å²) in [6, 6.07) is 5.58. The number of rotatable bonds is 4. The van der Waals surface area contributed by atoms with E-state index in [-0.39, 0.29) is 10.9 Å². The molecule has 6 heteroatoms. The van der Waals surface area contributed by atoms with Gasteiger partial charge in [-0.25, -0.2) is 13.1 Å². The number of hydrogen-bond acceptors (Lipinski definition) is 4. The molecule has 0 radical (unpaired) electrons. The van der Waals surface area contributed by atoms with Crippen LogP contribution < -0.4 is 14.8 Å². The largest absolute Gasteiger partial charge is 0.490 e. The molecule has 1 aliphatic carbocycles. The summed E-state index contributed by atoms with van der Waals surface area (Å²) < 4.78 is 33.3. The maximum absolute atomic E-state index is 12.4. The molecule has 0 unspecified atom stereocenters. The van der Waals surface area contributed by atoms with Gasteiger partial charge in [-0.15, -0.1) is 0 Å². The molecular formula is C15H22N2O3S. The highest BCUT2D eigenvalue weighted by Crippen LogP contribution is 2.32. The maximum atomic E-state index is 12.4. The number of benzene rings is 1. The number of anilines is 1. The summed E-state index contributed by atoms with van der Waals surface area (Å²) in [6.45, 7) is 4.52. The van der Waals surface area contributed by atoms with E-state index < -0.39 is 10.0 Å². The first-order chi connectivity index (χ1) is 9.94. The molecule has 1 atom stereocenters. The Bertz CT molecular complexity index is 624. The third-order valence-corrected chi connectivity index (χ3v) is 5.26. The Labute approximate surface area is 126 Å². The molecule has 2 N–H and O–H groups in total. The Morgan fingerprint density at radius 3 is 2.81 bits per heavy atom. The van der Waals surface area contributed by atoms with Crippen molar-refractivity contribution in [1.82, 2.24) is 4.72 Å². The van der Waals surface area contributed by atoms with Crippen molar-refractivity contribution in [1.29, 1.82) is 0 Å². The van der Waals surface area contributed by atoms with Gasteiger partial charge in [0, 0.05) is 17.8 Å². The highest BCUT2D eigenvalue weighted by atomic mass is 32.2. The zero-order valence-corrected chi connectivity index (χ0v) is 13.2. The van der Waals surface area contributed by atoms with Crippen LogP contribution in [0.15, 0.2) is 23.1 Å².